The van der Waals surface area contributed by atoms with Gasteiger partial charge in [0.25, 0.3) is 0 Å². The van der Waals surface area contributed by atoms with E-state index >= 15 is 0 Å². The number of esters is 1. The minimum atomic E-state index is -0.816. The third kappa shape index (κ3) is 11.4. The Morgan fingerprint density at radius 1 is 1.12 bits per heavy atom. The van der Waals surface area contributed by atoms with Crippen molar-refractivity contribution in [3.8, 4) is 28.1 Å². The number of ether oxygens (including phenoxy) is 2. The molecule has 6 atom stereocenters. The van der Waals surface area contributed by atoms with E-state index in [1.165, 1.54) is 11.1 Å². The lowest BCUT2D eigenvalue weighted by molar-refractivity contribution is -0.155. The summed E-state index contributed by atoms with van der Waals surface area (Å²) in [5, 5.41) is 16.9. The number of nitrogens with one attached hydrogen (secondary N) is 2. The van der Waals surface area contributed by atoms with E-state index in [9.17, 15) is 29.1 Å². The number of ketones is 1. The van der Waals surface area contributed by atoms with Crippen LogP contribution in [0.15, 0.2) is 67.4 Å². The predicted molar refractivity (Wildman–Crippen MR) is 266 cm³/mol. The lowest BCUT2D eigenvalue weighted by Gasteiger charge is -2.36. The normalized spacial score (nSPS) is 22.2. The average molecular weight is 945 g/mol. The van der Waals surface area contributed by atoms with Crippen LogP contribution in [0.3, 0.4) is 0 Å². The van der Waals surface area contributed by atoms with E-state index in [4.69, 9.17) is 14.5 Å². The number of carbonyl (C=O) groups is 5. The minimum Gasteiger partial charge on any atom is -0.508 e. The number of hydrazine groups is 1. The average Bonchev–Trinajstić information content (AvgIpc) is 3.85. The zero-order chi connectivity index (χ0) is 49.7. The summed E-state index contributed by atoms with van der Waals surface area (Å²) in [5.74, 6) is -2.04. The number of nitrogens with zero attached hydrogens (tertiary/aromatic N) is 4. The zero-order valence-electron chi connectivity index (χ0n) is 41.8. The number of fused-ring (bicyclic) bond motifs is 6. The molecule has 7 rings (SSSR count). The number of aromatic nitrogens is 2. The molecule has 6 bridgehead atoms. The van der Waals surface area contributed by atoms with Crippen LogP contribution in [0.5, 0.6) is 5.75 Å². The van der Waals surface area contributed by atoms with E-state index in [-0.39, 0.29) is 72.5 Å². The SMILES string of the molecule is C=CC(=O)CCC1C[C@@H](C(=O)N(C)[C@H](C(=O)NC[C@H]2Cc3cc(O)cc(c3)-c3ccc4c(c3)c(c(-c3cccnc3COC)n4CC)CC(C)(C)COC(=O)[C@@H]3CCCN(N3)C2=O)C(C)C)C[C@H]1C. The topological polar surface area (TPSA) is 172 Å². The van der Waals surface area contributed by atoms with Crippen molar-refractivity contribution >= 4 is 40.4 Å². The summed E-state index contributed by atoms with van der Waals surface area (Å²) < 4.78 is 14.0. The van der Waals surface area contributed by atoms with Crippen molar-refractivity contribution in [3.05, 3.63) is 84.2 Å². The van der Waals surface area contributed by atoms with E-state index in [1.54, 1.807) is 37.4 Å². The Balaban J connectivity index is 1.23. The number of likely N-dealkylation sites (N-methyl/N-ethyl adjacent to an activating group) is 1. The van der Waals surface area contributed by atoms with Crippen molar-refractivity contribution in [1.29, 1.82) is 0 Å². The Kier molecular flexibility index (Phi) is 16.1. The molecule has 14 nitrogen and oxygen atoms in total. The third-order valence-electron chi connectivity index (χ3n) is 14.6. The van der Waals surface area contributed by atoms with Gasteiger partial charge in [0.1, 0.15) is 17.8 Å². The van der Waals surface area contributed by atoms with E-state index in [0.717, 1.165) is 44.5 Å². The molecule has 4 heterocycles. The van der Waals surface area contributed by atoms with Crippen molar-refractivity contribution in [2.24, 2.45) is 35.0 Å². The van der Waals surface area contributed by atoms with Crippen molar-refractivity contribution in [3.63, 3.8) is 0 Å². The molecule has 4 aromatic rings. The highest BCUT2D eigenvalue weighted by molar-refractivity contribution is 5.96. The molecule has 0 spiro atoms. The number of pyridine rings is 1. The van der Waals surface area contributed by atoms with Gasteiger partial charge in [0.15, 0.2) is 5.78 Å². The molecule has 2 aromatic carbocycles. The quantitative estimate of drug-likeness (QED) is 0.0836. The molecule has 0 radical (unpaired) electrons. The number of allylic oxidation sites excluding steroid dienone is 1. The number of cyclic esters (lactones) is 1. The molecular formula is C55H72N6O8. The second-order valence-corrected chi connectivity index (χ2v) is 20.8. The van der Waals surface area contributed by atoms with Gasteiger partial charge in [0.2, 0.25) is 17.7 Å². The molecule has 14 heteroatoms. The number of phenols is 1. The van der Waals surface area contributed by atoms with Gasteiger partial charge < -0.3 is 29.4 Å². The molecule has 3 aliphatic rings. The van der Waals surface area contributed by atoms with Gasteiger partial charge in [-0.25, -0.2) is 5.43 Å². The summed E-state index contributed by atoms with van der Waals surface area (Å²) >= 11 is 0. The number of aromatic hydroxyl groups is 1. The number of benzene rings is 2. The number of carbonyl (C=O) groups excluding carboxylic acids is 5. The Labute approximate surface area is 407 Å². The van der Waals surface area contributed by atoms with Crippen molar-refractivity contribution in [2.75, 3.05) is 33.9 Å². The summed E-state index contributed by atoms with van der Waals surface area (Å²) in [6.07, 6.45) is 7.31. The number of rotatable bonds is 14. The van der Waals surface area contributed by atoms with E-state index in [2.05, 4.69) is 67.8 Å². The lowest BCUT2D eigenvalue weighted by atomic mass is 9.84. The molecule has 3 amide bonds. The molecule has 1 unspecified atom stereocenters. The molecule has 1 aliphatic carbocycles. The van der Waals surface area contributed by atoms with Crippen LogP contribution >= 0.6 is 0 Å². The van der Waals surface area contributed by atoms with Gasteiger partial charge >= 0.3 is 5.97 Å². The maximum atomic E-state index is 14.7. The van der Waals surface area contributed by atoms with Crippen LogP contribution in [0.25, 0.3) is 33.3 Å². The van der Waals surface area contributed by atoms with Gasteiger partial charge in [-0.2, -0.15) is 0 Å². The maximum absolute atomic E-state index is 14.7. The highest BCUT2D eigenvalue weighted by atomic mass is 16.5. The minimum absolute atomic E-state index is 0.00255. The molecule has 3 N–H and O–H groups in total. The number of hydrogen-bond donors (Lipinski definition) is 3. The first-order valence-corrected chi connectivity index (χ1v) is 24.8. The second-order valence-electron chi connectivity index (χ2n) is 20.8. The number of methoxy groups -OCH3 is 1. The largest absolute Gasteiger partial charge is 0.508 e. The third-order valence-corrected chi connectivity index (χ3v) is 14.6. The first-order valence-electron chi connectivity index (χ1n) is 24.8. The van der Waals surface area contributed by atoms with Crippen LogP contribution in [0.4, 0.5) is 0 Å². The highest BCUT2D eigenvalue weighted by Crippen LogP contribution is 2.42. The molecule has 370 valence electrons. The van der Waals surface area contributed by atoms with Crippen LogP contribution in [0, 0.1) is 35.0 Å². The van der Waals surface area contributed by atoms with Crippen molar-refractivity contribution in [1.82, 2.24) is 30.2 Å². The predicted octanol–water partition coefficient (Wildman–Crippen LogP) is 7.82. The first-order chi connectivity index (χ1) is 32.9. The Morgan fingerprint density at radius 2 is 1.90 bits per heavy atom. The lowest BCUT2D eigenvalue weighted by Crippen LogP contribution is -2.58. The maximum Gasteiger partial charge on any atom is 0.324 e. The fraction of sp³-hybridized carbons (Fsp3) is 0.527. The van der Waals surface area contributed by atoms with Crippen molar-refractivity contribution < 1.29 is 38.6 Å². The van der Waals surface area contributed by atoms with E-state index in [0.29, 0.717) is 70.2 Å². The fourth-order valence-electron chi connectivity index (χ4n) is 11.1. The van der Waals surface area contributed by atoms with E-state index in [1.807, 2.05) is 32.0 Å². The summed E-state index contributed by atoms with van der Waals surface area (Å²) in [5.41, 5.74) is 9.88. The smallest absolute Gasteiger partial charge is 0.324 e. The number of phenolic OH excluding ortho intramolecular Hbond substituents is 1. The highest BCUT2D eigenvalue weighted by Gasteiger charge is 2.41. The van der Waals surface area contributed by atoms with Gasteiger partial charge in [0, 0.05) is 74.2 Å². The van der Waals surface area contributed by atoms with Crippen molar-refractivity contribution in [2.45, 2.75) is 118 Å². The fourth-order valence-corrected chi connectivity index (χ4v) is 11.1. The molecule has 69 heavy (non-hydrogen) atoms. The molecular weight excluding hydrogens is 873 g/mol. The number of hydrogen-bond acceptors (Lipinski definition) is 10. The van der Waals surface area contributed by atoms with Gasteiger partial charge in [0.05, 0.1) is 30.5 Å². The molecule has 2 aliphatic heterocycles. The summed E-state index contributed by atoms with van der Waals surface area (Å²) in [6, 6.07) is 14.1. The standard InChI is InChI=1S/C55H72N6O8/c1-10-41(62)18-16-36-26-39(22-34(36)5)52(65)59(8)49(33(3)4)51(64)57-30-40-24-35-23-38(27-42(63)25-35)37-17-19-48-44(28-37)45(50(60(48)11-2)43-14-12-20-56-47(43)31-68-9)29-55(6,7)32-69-54(67)46-15-13-21-61(58-46)53(40)66/h10,12,14,17,19-20,23,25,27-28,33-34,36,39-40,46,49,58,63H,1,11,13,15-16,18,21-22,24,26,29-32H2,2-9H3,(H,57,64)/t34-,36?,39+,40-,46+,49+/m1/s1. The Bertz CT molecular complexity index is 2570. The van der Waals surface area contributed by atoms with Gasteiger partial charge in [-0.3, -0.25) is 34.0 Å². The molecule has 2 aromatic heterocycles. The first kappa shape index (κ1) is 51.0. The van der Waals surface area contributed by atoms with Gasteiger partial charge in [-0.1, -0.05) is 53.3 Å². The van der Waals surface area contributed by atoms with Gasteiger partial charge in [-0.15, -0.1) is 0 Å². The Hall–Kier alpha value is -5.86. The van der Waals surface area contributed by atoms with Crippen LogP contribution in [0.1, 0.15) is 96.9 Å². The number of aryl methyl sites for hydroxylation is 1. The summed E-state index contributed by atoms with van der Waals surface area (Å²) in [4.78, 5) is 75.3. The second kappa shape index (κ2) is 21.8. The molecule has 1 saturated carbocycles. The van der Waals surface area contributed by atoms with Gasteiger partial charge in [-0.05, 0) is 134 Å². The van der Waals surface area contributed by atoms with Crippen LogP contribution in [-0.2, 0) is 59.4 Å². The van der Waals surface area contributed by atoms with Crippen LogP contribution in [0.2, 0.25) is 0 Å². The van der Waals surface area contributed by atoms with Crippen LogP contribution in [-0.4, -0.2) is 100.0 Å². The summed E-state index contributed by atoms with van der Waals surface area (Å²) in [6.45, 7) is 17.2. The van der Waals surface area contributed by atoms with Crippen LogP contribution < -0.4 is 10.7 Å². The molecule has 1 saturated heterocycles. The number of amides is 3. The summed E-state index contributed by atoms with van der Waals surface area (Å²) in [7, 11) is 3.34. The monoisotopic (exact) mass is 945 g/mol. The zero-order valence-corrected chi connectivity index (χ0v) is 41.8. The molecule has 2 fully saturated rings. The Morgan fingerprint density at radius 3 is 2.62 bits per heavy atom. The van der Waals surface area contributed by atoms with E-state index < -0.39 is 29.4 Å².